The molecule has 3 nitrogen and oxygen atoms in total. The molecule has 1 aromatic rings. The molecule has 1 saturated carbocycles. The number of nitrogens with one attached hydrogen (secondary N) is 1. The summed E-state index contributed by atoms with van der Waals surface area (Å²) in [6.45, 7) is 6.20. The zero-order valence-electron chi connectivity index (χ0n) is 12.5. The van der Waals surface area contributed by atoms with Crippen LogP contribution in [0.3, 0.4) is 0 Å². The second-order valence-corrected chi connectivity index (χ2v) is 6.36. The minimum Gasteiger partial charge on any atom is -0.490 e. The van der Waals surface area contributed by atoms with Crippen molar-refractivity contribution < 1.29 is 9.47 Å². The lowest BCUT2D eigenvalue weighted by Gasteiger charge is -2.34. The van der Waals surface area contributed by atoms with Crippen LogP contribution in [-0.2, 0) is 0 Å². The van der Waals surface area contributed by atoms with Crippen LogP contribution in [0.2, 0.25) is 0 Å². The molecule has 1 N–H and O–H groups in total. The zero-order valence-corrected chi connectivity index (χ0v) is 12.5. The molecule has 110 valence electrons. The summed E-state index contributed by atoms with van der Waals surface area (Å²) in [6.07, 6.45) is 4.90. The monoisotopic (exact) mass is 275 g/mol. The topological polar surface area (TPSA) is 30.5 Å². The van der Waals surface area contributed by atoms with Crippen molar-refractivity contribution >= 4 is 5.69 Å². The molecule has 3 rings (SSSR count). The highest BCUT2D eigenvalue weighted by Gasteiger charge is 2.25. The summed E-state index contributed by atoms with van der Waals surface area (Å²) in [5.74, 6) is 3.31. The Balaban J connectivity index is 1.72. The van der Waals surface area contributed by atoms with Crippen molar-refractivity contribution in [3.8, 4) is 11.5 Å². The first-order chi connectivity index (χ1) is 9.72. The van der Waals surface area contributed by atoms with Gasteiger partial charge < -0.3 is 14.8 Å². The molecule has 20 heavy (non-hydrogen) atoms. The van der Waals surface area contributed by atoms with Gasteiger partial charge in [-0.2, -0.15) is 0 Å². The lowest BCUT2D eigenvalue weighted by molar-refractivity contribution is 0.280. The summed E-state index contributed by atoms with van der Waals surface area (Å²) < 4.78 is 11.4. The summed E-state index contributed by atoms with van der Waals surface area (Å²) in [5.41, 5.74) is 1.15. The van der Waals surface area contributed by atoms with E-state index in [0.717, 1.165) is 48.7 Å². The summed E-state index contributed by atoms with van der Waals surface area (Å²) in [5, 5.41) is 3.70. The Morgan fingerprint density at radius 1 is 1.05 bits per heavy atom. The first kappa shape index (κ1) is 13.6. The fourth-order valence-corrected chi connectivity index (χ4v) is 3.20. The summed E-state index contributed by atoms with van der Waals surface area (Å²) >= 11 is 0. The molecule has 1 fully saturated rings. The average molecular weight is 275 g/mol. The Labute approximate surface area is 121 Å². The molecule has 1 aliphatic heterocycles. The number of benzene rings is 1. The van der Waals surface area contributed by atoms with Crippen LogP contribution >= 0.6 is 0 Å². The first-order valence-electron chi connectivity index (χ1n) is 7.88. The van der Waals surface area contributed by atoms with E-state index in [-0.39, 0.29) is 0 Å². The maximum Gasteiger partial charge on any atom is 0.163 e. The number of rotatable bonds is 2. The van der Waals surface area contributed by atoms with Crippen LogP contribution in [0, 0.1) is 11.8 Å². The van der Waals surface area contributed by atoms with E-state index in [4.69, 9.17) is 9.47 Å². The molecule has 3 unspecified atom stereocenters. The quantitative estimate of drug-likeness (QED) is 0.882. The van der Waals surface area contributed by atoms with Gasteiger partial charge >= 0.3 is 0 Å². The van der Waals surface area contributed by atoms with Gasteiger partial charge in [0, 0.05) is 24.2 Å². The number of anilines is 1. The SMILES string of the molecule is CC1CCC(C)C(Nc2ccc3c(c2)OCCCO3)C1. The van der Waals surface area contributed by atoms with Gasteiger partial charge in [0.15, 0.2) is 11.5 Å². The third-order valence-electron chi connectivity index (χ3n) is 4.56. The van der Waals surface area contributed by atoms with Gasteiger partial charge in [-0.25, -0.2) is 0 Å². The standard InChI is InChI=1S/C17H25NO2/c1-12-4-5-13(2)15(10-12)18-14-6-7-16-17(11-14)20-9-3-8-19-16/h6-7,11-13,15,18H,3-5,8-10H2,1-2H3. The van der Waals surface area contributed by atoms with Crippen molar-refractivity contribution in [1.82, 2.24) is 0 Å². The van der Waals surface area contributed by atoms with Crippen LogP contribution in [0.25, 0.3) is 0 Å². The molecule has 0 spiro atoms. The van der Waals surface area contributed by atoms with E-state index in [1.807, 2.05) is 6.07 Å². The van der Waals surface area contributed by atoms with Crippen LogP contribution in [-0.4, -0.2) is 19.3 Å². The van der Waals surface area contributed by atoms with Gasteiger partial charge in [-0.05, 0) is 36.8 Å². The highest BCUT2D eigenvalue weighted by molar-refractivity contribution is 5.55. The molecular weight excluding hydrogens is 250 g/mol. The summed E-state index contributed by atoms with van der Waals surface area (Å²) in [6, 6.07) is 6.80. The molecule has 1 heterocycles. The van der Waals surface area contributed by atoms with Crippen molar-refractivity contribution in [2.45, 2.75) is 45.6 Å². The van der Waals surface area contributed by atoms with Gasteiger partial charge in [-0.1, -0.05) is 20.3 Å². The van der Waals surface area contributed by atoms with Crippen molar-refractivity contribution in [2.75, 3.05) is 18.5 Å². The molecule has 0 radical (unpaired) electrons. The van der Waals surface area contributed by atoms with E-state index < -0.39 is 0 Å². The van der Waals surface area contributed by atoms with E-state index in [9.17, 15) is 0 Å². The molecule has 3 atom stereocenters. The Bertz CT molecular complexity index is 460. The molecule has 0 saturated heterocycles. The molecule has 3 heteroatoms. The minimum absolute atomic E-state index is 0.573. The fourth-order valence-electron chi connectivity index (χ4n) is 3.20. The van der Waals surface area contributed by atoms with E-state index in [1.165, 1.54) is 19.3 Å². The summed E-state index contributed by atoms with van der Waals surface area (Å²) in [7, 11) is 0. The average Bonchev–Trinajstić information content (AvgIpc) is 2.67. The van der Waals surface area contributed by atoms with Gasteiger partial charge in [-0.3, -0.25) is 0 Å². The van der Waals surface area contributed by atoms with Crippen molar-refractivity contribution in [3.05, 3.63) is 18.2 Å². The van der Waals surface area contributed by atoms with E-state index in [1.54, 1.807) is 0 Å². The van der Waals surface area contributed by atoms with E-state index >= 15 is 0 Å². The molecule has 0 bridgehead atoms. The Kier molecular flexibility index (Phi) is 4.04. The number of hydrogen-bond donors (Lipinski definition) is 1. The van der Waals surface area contributed by atoms with Gasteiger partial charge in [0.2, 0.25) is 0 Å². The summed E-state index contributed by atoms with van der Waals surface area (Å²) in [4.78, 5) is 0. The van der Waals surface area contributed by atoms with Crippen LogP contribution < -0.4 is 14.8 Å². The highest BCUT2D eigenvalue weighted by atomic mass is 16.5. The van der Waals surface area contributed by atoms with Crippen molar-refractivity contribution in [3.63, 3.8) is 0 Å². The lowest BCUT2D eigenvalue weighted by atomic mass is 9.80. The first-order valence-corrected chi connectivity index (χ1v) is 7.88. The Hall–Kier alpha value is -1.38. The molecule has 0 aromatic heterocycles. The molecule has 2 aliphatic rings. The Morgan fingerprint density at radius 2 is 1.85 bits per heavy atom. The maximum absolute atomic E-state index is 5.76. The number of ether oxygens (including phenoxy) is 2. The fraction of sp³-hybridized carbons (Fsp3) is 0.647. The largest absolute Gasteiger partial charge is 0.490 e. The third kappa shape index (κ3) is 3.02. The van der Waals surface area contributed by atoms with Crippen molar-refractivity contribution in [1.29, 1.82) is 0 Å². The zero-order chi connectivity index (χ0) is 13.9. The minimum atomic E-state index is 0.573. The predicted molar refractivity (Wildman–Crippen MR) is 81.6 cm³/mol. The van der Waals surface area contributed by atoms with Gasteiger partial charge in [-0.15, -0.1) is 0 Å². The van der Waals surface area contributed by atoms with Crippen LogP contribution in [0.15, 0.2) is 18.2 Å². The van der Waals surface area contributed by atoms with Gasteiger partial charge in [0.1, 0.15) is 0 Å². The lowest BCUT2D eigenvalue weighted by Crippen LogP contribution is -2.33. The van der Waals surface area contributed by atoms with E-state index in [2.05, 4.69) is 31.3 Å². The second-order valence-electron chi connectivity index (χ2n) is 6.36. The number of hydrogen-bond acceptors (Lipinski definition) is 3. The molecule has 1 aromatic carbocycles. The van der Waals surface area contributed by atoms with Gasteiger partial charge in [0.25, 0.3) is 0 Å². The second kappa shape index (κ2) is 5.94. The normalized spacial score (nSPS) is 29.6. The highest BCUT2D eigenvalue weighted by Crippen LogP contribution is 2.35. The molecule has 1 aliphatic carbocycles. The molecular formula is C17H25NO2. The molecule has 0 amide bonds. The van der Waals surface area contributed by atoms with Gasteiger partial charge in [0.05, 0.1) is 13.2 Å². The Morgan fingerprint density at radius 3 is 2.70 bits per heavy atom. The van der Waals surface area contributed by atoms with Crippen molar-refractivity contribution in [2.24, 2.45) is 11.8 Å². The van der Waals surface area contributed by atoms with Crippen LogP contribution in [0.1, 0.15) is 39.5 Å². The smallest absolute Gasteiger partial charge is 0.163 e. The van der Waals surface area contributed by atoms with Crippen LogP contribution in [0.5, 0.6) is 11.5 Å². The van der Waals surface area contributed by atoms with E-state index in [0.29, 0.717) is 6.04 Å². The predicted octanol–water partition coefficient (Wildman–Crippen LogP) is 4.08. The van der Waals surface area contributed by atoms with Crippen LogP contribution in [0.4, 0.5) is 5.69 Å². The number of fused-ring (bicyclic) bond motifs is 1. The maximum atomic E-state index is 5.76. The third-order valence-corrected chi connectivity index (χ3v) is 4.56.